The lowest BCUT2D eigenvalue weighted by Crippen LogP contribution is -2.13. The van der Waals surface area contributed by atoms with E-state index in [1.807, 2.05) is 0 Å². The van der Waals surface area contributed by atoms with E-state index in [1.165, 1.54) is 12.7 Å². The molecule has 0 unspecified atom stereocenters. The number of aromatic amines is 1. The van der Waals surface area contributed by atoms with Gasteiger partial charge >= 0.3 is 0 Å². The van der Waals surface area contributed by atoms with Crippen LogP contribution in [0.25, 0.3) is 11.2 Å². The Morgan fingerprint density at radius 3 is 2.56 bits per heavy atom. The van der Waals surface area contributed by atoms with Crippen LogP contribution >= 0.6 is 0 Å². The highest BCUT2D eigenvalue weighted by atomic mass is 16.1. The molecule has 3 aromatic heterocycles. The first-order valence-corrected chi connectivity index (χ1v) is 7.39. The Hall–Kier alpha value is -3.88. The maximum Gasteiger partial charge on any atom is 0.256 e. The molecule has 1 aromatic carbocycles. The number of amides is 1. The van der Waals surface area contributed by atoms with Crippen LogP contribution in [0, 0.1) is 0 Å². The van der Waals surface area contributed by atoms with E-state index < -0.39 is 0 Å². The molecule has 4 rings (SSSR count). The Bertz CT molecular complexity index is 1010. The quantitative estimate of drug-likeness (QED) is 0.523. The van der Waals surface area contributed by atoms with Gasteiger partial charge in [-0.15, -0.1) is 0 Å². The van der Waals surface area contributed by atoms with Crippen LogP contribution in [0.4, 0.5) is 17.5 Å². The standard InChI is InChI=1S/C16H12N8O/c25-15(24-14-12-13(20-8-19-12)21-9-22-14)10-2-4-11(5-3-10)23-16-17-6-1-7-18-16/h1-9H,(H,17,18,23)(H2,19,20,21,22,24,25). The molecule has 0 saturated carbocycles. The highest BCUT2D eigenvalue weighted by Gasteiger charge is 2.11. The van der Waals surface area contributed by atoms with Crippen molar-refractivity contribution < 1.29 is 4.79 Å². The summed E-state index contributed by atoms with van der Waals surface area (Å²) in [7, 11) is 0. The summed E-state index contributed by atoms with van der Waals surface area (Å²) in [4.78, 5) is 35.6. The summed E-state index contributed by atoms with van der Waals surface area (Å²) in [5.74, 6) is 0.590. The van der Waals surface area contributed by atoms with Crippen molar-refractivity contribution in [3.05, 3.63) is 60.9 Å². The number of nitrogens with one attached hydrogen (secondary N) is 3. The molecule has 25 heavy (non-hydrogen) atoms. The molecule has 0 fully saturated rings. The molecule has 0 aliphatic rings. The maximum atomic E-state index is 12.4. The number of imidazole rings is 1. The summed E-state index contributed by atoms with van der Waals surface area (Å²) in [6.07, 6.45) is 6.15. The Morgan fingerprint density at radius 1 is 0.960 bits per heavy atom. The molecule has 3 heterocycles. The molecular weight excluding hydrogens is 320 g/mol. The molecule has 122 valence electrons. The minimum atomic E-state index is -0.280. The van der Waals surface area contributed by atoms with Gasteiger partial charge in [0.1, 0.15) is 11.8 Å². The number of anilines is 3. The van der Waals surface area contributed by atoms with Crippen molar-refractivity contribution >= 4 is 34.5 Å². The zero-order valence-corrected chi connectivity index (χ0v) is 12.8. The smallest absolute Gasteiger partial charge is 0.256 e. The first kappa shape index (κ1) is 14.7. The van der Waals surface area contributed by atoms with Crippen molar-refractivity contribution in [1.82, 2.24) is 29.9 Å². The monoisotopic (exact) mass is 332 g/mol. The van der Waals surface area contributed by atoms with Crippen LogP contribution in [-0.2, 0) is 0 Å². The fourth-order valence-electron chi connectivity index (χ4n) is 2.24. The van der Waals surface area contributed by atoms with E-state index in [9.17, 15) is 4.79 Å². The van der Waals surface area contributed by atoms with E-state index in [1.54, 1.807) is 42.7 Å². The van der Waals surface area contributed by atoms with Crippen LogP contribution in [-0.4, -0.2) is 35.8 Å². The number of carbonyl (C=O) groups is 1. The van der Waals surface area contributed by atoms with E-state index in [-0.39, 0.29) is 5.91 Å². The highest BCUT2D eigenvalue weighted by molar-refractivity contribution is 6.06. The average molecular weight is 332 g/mol. The van der Waals surface area contributed by atoms with Crippen molar-refractivity contribution in [2.75, 3.05) is 10.6 Å². The molecule has 0 saturated heterocycles. The van der Waals surface area contributed by atoms with E-state index in [2.05, 4.69) is 40.5 Å². The summed E-state index contributed by atoms with van der Waals surface area (Å²) in [6, 6.07) is 8.69. The Kier molecular flexibility index (Phi) is 3.71. The van der Waals surface area contributed by atoms with Gasteiger partial charge in [-0.05, 0) is 30.3 Å². The van der Waals surface area contributed by atoms with Gasteiger partial charge in [0.25, 0.3) is 5.91 Å². The molecule has 0 bridgehead atoms. The third-order valence-corrected chi connectivity index (χ3v) is 3.42. The number of fused-ring (bicyclic) bond motifs is 1. The van der Waals surface area contributed by atoms with Crippen LogP contribution in [0.3, 0.4) is 0 Å². The minimum absolute atomic E-state index is 0.280. The predicted octanol–water partition coefficient (Wildman–Crippen LogP) is 2.14. The summed E-state index contributed by atoms with van der Waals surface area (Å²) >= 11 is 0. The molecule has 9 heteroatoms. The van der Waals surface area contributed by atoms with Crippen LogP contribution in [0.1, 0.15) is 10.4 Å². The Morgan fingerprint density at radius 2 is 1.76 bits per heavy atom. The van der Waals surface area contributed by atoms with E-state index in [4.69, 9.17) is 0 Å². The van der Waals surface area contributed by atoms with Crippen molar-refractivity contribution in [3.63, 3.8) is 0 Å². The first-order chi connectivity index (χ1) is 12.3. The van der Waals surface area contributed by atoms with Crippen LogP contribution < -0.4 is 10.6 Å². The largest absolute Gasteiger partial charge is 0.340 e. The topological polar surface area (TPSA) is 121 Å². The molecule has 0 atom stereocenters. The lowest BCUT2D eigenvalue weighted by molar-refractivity contribution is 0.102. The van der Waals surface area contributed by atoms with Gasteiger partial charge in [-0.3, -0.25) is 4.79 Å². The molecule has 0 aliphatic carbocycles. The average Bonchev–Trinajstić information content (AvgIpc) is 3.13. The van der Waals surface area contributed by atoms with Crippen LogP contribution in [0.5, 0.6) is 0 Å². The van der Waals surface area contributed by atoms with Gasteiger partial charge in [0, 0.05) is 23.6 Å². The normalized spacial score (nSPS) is 10.6. The molecule has 9 nitrogen and oxygen atoms in total. The second-order valence-corrected chi connectivity index (χ2v) is 5.05. The number of benzene rings is 1. The number of hydrogen-bond acceptors (Lipinski definition) is 7. The fourth-order valence-corrected chi connectivity index (χ4v) is 2.24. The number of carbonyl (C=O) groups excluding carboxylic acids is 1. The molecule has 3 N–H and O–H groups in total. The maximum absolute atomic E-state index is 12.4. The molecule has 1 amide bonds. The molecule has 4 aromatic rings. The van der Waals surface area contributed by atoms with Gasteiger partial charge in [-0.1, -0.05) is 0 Å². The number of hydrogen-bond donors (Lipinski definition) is 3. The van der Waals surface area contributed by atoms with Gasteiger partial charge in [0.2, 0.25) is 5.95 Å². The number of rotatable bonds is 4. The SMILES string of the molecule is O=C(Nc1ncnc2nc[nH]c12)c1ccc(Nc2ncccn2)cc1. The van der Waals surface area contributed by atoms with Gasteiger partial charge in [-0.2, -0.15) is 0 Å². The van der Waals surface area contributed by atoms with E-state index in [0.717, 1.165) is 5.69 Å². The fraction of sp³-hybridized carbons (Fsp3) is 0. The molecular formula is C16H12N8O. The number of H-pyrrole nitrogens is 1. The van der Waals surface area contributed by atoms with E-state index in [0.29, 0.717) is 28.5 Å². The zero-order valence-electron chi connectivity index (χ0n) is 12.8. The van der Waals surface area contributed by atoms with Gasteiger partial charge in [-0.25, -0.2) is 24.9 Å². The lowest BCUT2D eigenvalue weighted by atomic mass is 10.2. The second-order valence-electron chi connectivity index (χ2n) is 5.05. The lowest BCUT2D eigenvalue weighted by Gasteiger charge is -2.07. The van der Waals surface area contributed by atoms with Crippen LogP contribution in [0.15, 0.2) is 55.4 Å². The zero-order chi connectivity index (χ0) is 17.1. The molecule has 0 spiro atoms. The van der Waals surface area contributed by atoms with Gasteiger partial charge in [0.15, 0.2) is 11.5 Å². The van der Waals surface area contributed by atoms with Crippen molar-refractivity contribution in [2.24, 2.45) is 0 Å². The summed E-state index contributed by atoms with van der Waals surface area (Å²) < 4.78 is 0. The van der Waals surface area contributed by atoms with E-state index >= 15 is 0 Å². The Balaban J connectivity index is 1.50. The third kappa shape index (κ3) is 3.11. The van der Waals surface area contributed by atoms with Gasteiger partial charge in [0.05, 0.1) is 6.33 Å². The van der Waals surface area contributed by atoms with Crippen molar-refractivity contribution in [3.8, 4) is 0 Å². The Labute approximate surface area is 141 Å². The highest BCUT2D eigenvalue weighted by Crippen LogP contribution is 2.17. The third-order valence-electron chi connectivity index (χ3n) is 3.42. The second kappa shape index (κ2) is 6.32. The summed E-state index contributed by atoms with van der Waals surface area (Å²) in [5.41, 5.74) is 2.34. The number of nitrogens with zero attached hydrogens (tertiary/aromatic N) is 5. The molecule has 0 radical (unpaired) electrons. The number of aromatic nitrogens is 6. The van der Waals surface area contributed by atoms with Crippen molar-refractivity contribution in [2.45, 2.75) is 0 Å². The summed E-state index contributed by atoms with van der Waals surface area (Å²) in [6.45, 7) is 0. The van der Waals surface area contributed by atoms with Crippen LogP contribution in [0.2, 0.25) is 0 Å². The summed E-state index contributed by atoms with van der Waals surface area (Å²) in [5, 5.41) is 5.80. The predicted molar refractivity (Wildman–Crippen MR) is 91.4 cm³/mol. The van der Waals surface area contributed by atoms with Gasteiger partial charge < -0.3 is 15.6 Å². The first-order valence-electron chi connectivity index (χ1n) is 7.39. The minimum Gasteiger partial charge on any atom is -0.340 e. The molecule has 0 aliphatic heterocycles. The van der Waals surface area contributed by atoms with Crippen molar-refractivity contribution in [1.29, 1.82) is 0 Å².